The second-order valence-electron chi connectivity index (χ2n) is 4.76. The Hall–Kier alpha value is -2.56. The third-order valence-corrected chi connectivity index (χ3v) is 3.12. The van der Waals surface area contributed by atoms with Crippen LogP contribution in [0.2, 0.25) is 0 Å². The van der Waals surface area contributed by atoms with Crippen molar-refractivity contribution >= 4 is 16.6 Å². The van der Waals surface area contributed by atoms with Gasteiger partial charge in [0.1, 0.15) is 17.3 Å². The molecule has 2 N–H and O–H groups in total. The molecule has 5 heteroatoms. The highest BCUT2D eigenvalue weighted by molar-refractivity contribution is 5.79. The molecule has 0 fully saturated rings. The van der Waals surface area contributed by atoms with Crippen molar-refractivity contribution in [1.82, 2.24) is 9.78 Å². The number of aryl methyl sites for hydroxylation is 2. The number of anilines is 1. The van der Waals surface area contributed by atoms with Gasteiger partial charge in [-0.15, -0.1) is 0 Å². The monoisotopic (exact) mass is 271 g/mol. The minimum absolute atomic E-state index is 0.120. The zero-order valence-corrected chi connectivity index (χ0v) is 11.2. The van der Waals surface area contributed by atoms with E-state index < -0.39 is 5.82 Å². The third-order valence-electron chi connectivity index (χ3n) is 3.12. The Balaban J connectivity index is 1.98. The van der Waals surface area contributed by atoms with Crippen molar-refractivity contribution in [2.45, 2.75) is 6.92 Å². The van der Waals surface area contributed by atoms with Crippen molar-refractivity contribution < 1.29 is 9.13 Å². The number of rotatable bonds is 2. The molecule has 1 aromatic heterocycles. The summed E-state index contributed by atoms with van der Waals surface area (Å²) in [6, 6.07) is 8.43. The number of hydrogen-bond acceptors (Lipinski definition) is 3. The molecule has 0 aliphatic heterocycles. The number of aromatic nitrogens is 2. The molecule has 0 amide bonds. The van der Waals surface area contributed by atoms with Gasteiger partial charge in [-0.05, 0) is 30.7 Å². The minimum atomic E-state index is -0.482. The number of fused-ring (bicyclic) bond motifs is 1. The summed E-state index contributed by atoms with van der Waals surface area (Å²) in [5, 5.41) is 5.34. The van der Waals surface area contributed by atoms with Crippen LogP contribution in [0.5, 0.6) is 11.5 Å². The lowest BCUT2D eigenvalue weighted by atomic mass is 10.2. The largest absolute Gasteiger partial charge is 0.457 e. The van der Waals surface area contributed by atoms with Crippen LogP contribution in [-0.4, -0.2) is 9.78 Å². The standard InChI is InChI=1S/C15H14FN3O/c1-9-5-13(17)12(16)7-15(9)20-11-4-3-10-8-19(2)18-14(10)6-11/h3-8H,17H2,1-2H3. The van der Waals surface area contributed by atoms with Crippen LogP contribution in [-0.2, 0) is 7.05 Å². The molecule has 1 heterocycles. The normalized spacial score (nSPS) is 10.9. The maximum absolute atomic E-state index is 13.5. The summed E-state index contributed by atoms with van der Waals surface area (Å²) in [6.45, 7) is 1.82. The average molecular weight is 271 g/mol. The molecule has 20 heavy (non-hydrogen) atoms. The molecule has 0 aliphatic rings. The second-order valence-corrected chi connectivity index (χ2v) is 4.76. The molecule has 0 aliphatic carbocycles. The maximum Gasteiger partial charge on any atom is 0.149 e. The highest BCUT2D eigenvalue weighted by atomic mass is 19.1. The van der Waals surface area contributed by atoms with Crippen molar-refractivity contribution in [2.75, 3.05) is 5.73 Å². The molecule has 2 aromatic carbocycles. The number of nitrogens with two attached hydrogens (primary N) is 1. The Morgan fingerprint density at radius 1 is 1.25 bits per heavy atom. The Bertz CT molecular complexity index is 795. The SMILES string of the molecule is Cc1cc(N)c(F)cc1Oc1ccc2cn(C)nc2c1. The molecule has 0 saturated heterocycles. The fraction of sp³-hybridized carbons (Fsp3) is 0.133. The topological polar surface area (TPSA) is 53.1 Å². The van der Waals surface area contributed by atoms with Crippen LogP contribution in [0.25, 0.3) is 10.9 Å². The quantitative estimate of drug-likeness (QED) is 0.727. The fourth-order valence-electron chi connectivity index (χ4n) is 2.11. The van der Waals surface area contributed by atoms with E-state index in [0.29, 0.717) is 11.5 Å². The number of hydrogen-bond donors (Lipinski definition) is 1. The third kappa shape index (κ3) is 2.18. The smallest absolute Gasteiger partial charge is 0.149 e. The predicted molar refractivity (Wildman–Crippen MR) is 76.3 cm³/mol. The van der Waals surface area contributed by atoms with E-state index in [2.05, 4.69) is 5.10 Å². The van der Waals surface area contributed by atoms with Crippen LogP contribution in [0, 0.1) is 12.7 Å². The van der Waals surface area contributed by atoms with Gasteiger partial charge < -0.3 is 10.5 Å². The fourth-order valence-corrected chi connectivity index (χ4v) is 2.11. The van der Waals surface area contributed by atoms with Crippen LogP contribution in [0.15, 0.2) is 36.5 Å². The average Bonchev–Trinajstić information content (AvgIpc) is 2.75. The van der Waals surface area contributed by atoms with Crippen LogP contribution in [0.3, 0.4) is 0 Å². The van der Waals surface area contributed by atoms with Gasteiger partial charge in [0.2, 0.25) is 0 Å². The Morgan fingerprint density at radius 3 is 2.85 bits per heavy atom. The first kappa shape index (κ1) is 12.5. The van der Waals surface area contributed by atoms with Crippen LogP contribution < -0.4 is 10.5 Å². The van der Waals surface area contributed by atoms with E-state index in [9.17, 15) is 4.39 Å². The van der Waals surface area contributed by atoms with E-state index in [4.69, 9.17) is 10.5 Å². The molecule has 3 aromatic rings. The van der Waals surface area contributed by atoms with E-state index in [-0.39, 0.29) is 5.69 Å². The summed E-state index contributed by atoms with van der Waals surface area (Å²) in [7, 11) is 1.86. The summed E-state index contributed by atoms with van der Waals surface area (Å²) < 4.78 is 21.0. The van der Waals surface area contributed by atoms with Crippen LogP contribution in [0.1, 0.15) is 5.56 Å². The van der Waals surface area contributed by atoms with Crippen molar-refractivity contribution in [3.8, 4) is 11.5 Å². The van der Waals surface area contributed by atoms with E-state index in [1.54, 1.807) is 10.7 Å². The highest BCUT2D eigenvalue weighted by Crippen LogP contribution is 2.29. The van der Waals surface area contributed by atoms with Gasteiger partial charge in [-0.25, -0.2) is 4.39 Å². The van der Waals surface area contributed by atoms with E-state index in [1.165, 1.54) is 6.07 Å². The number of ether oxygens (including phenoxy) is 1. The molecule has 0 unspecified atom stereocenters. The molecular weight excluding hydrogens is 257 g/mol. The van der Waals surface area contributed by atoms with E-state index in [1.807, 2.05) is 38.4 Å². The molecule has 0 bridgehead atoms. The lowest BCUT2D eigenvalue weighted by Gasteiger charge is -2.10. The van der Waals surface area contributed by atoms with E-state index >= 15 is 0 Å². The second kappa shape index (κ2) is 4.52. The summed E-state index contributed by atoms with van der Waals surface area (Å²) in [5.41, 5.74) is 7.25. The first-order valence-corrected chi connectivity index (χ1v) is 6.20. The first-order chi connectivity index (χ1) is 9.52. The van der Waals surface area contributed by atoms with Crippen molar-refractivity contribution in [3.05, 3.63) is 47.9 Å². The molecule has 0 saturated carbocycles. The molecule has 3 rings (SSSR count). The summed E-state index contributed by atoms with van der Waals surface area (Å²) in [5.74, 6) is 0.583. The molecule has 4 nitrogen and oxygen atoms in total. The zero-order chi connectivity index (χ0) is 14.3. The maximum atomic E-state index is 13.5. The Labute approximate surface area is 115 Å². The lowest BCUT2D eigenvalue weighted by Crippen LogP contribution is -1.94. The number of nitrogens with zero attached hydrogens (tertiary/aromatic N) is 2. The van der Waals surface area contributed by atoms with Gasteiger partial charge in [-0.2, -0.15) is 5.10 Å². The Morgan fingerprint density at radius 2 is 2.05 bits per heavy atom. The predicted octanol–water partition coefficient (Wildman–Crippen LogP) is 3.40. The lowest BCUT2D eigenvalue weighted by molar-refractivity contribution is 0.474. The molecule has 0 atom stereocenters. The Kier molecular flexibility index (Phi) is 2.82. The van der Waals surface area contributed by atoms with Crippen molar-refractivity contribution in [2.24, 2.45) is 7.05 Å². The van der Waals surface area contributed by atoms with Gasteiger partial charge >= 0.3 is 0 Å². The van der Waals surface area contributed by atoms with Crippen molar-refractivity contribution in [1.29, 1.82) is 0 Å². The number of benzene rings is 2. The molecule has 102 valence electrons. The van der Waals surface area contributed by atoms with Gasteiger partial charge in [0, 0.05) is 30.8 Å². The van der Waals surface area contributed by atoms with Gasteiger partial charge in [-0.3, -0.25) is 4.68 Å². The van der Waals surface area contributed by atoms with Crippen LogP contribution >= 0.6 is 0 Å². The number of nitrogen functional groups attached to an aromatic ring is 1. The zero-order valence-electron chi connectivity index (χ0n) is 11.2. The highest BCUT2D eigenvalue weighted by Gasteiger charge is 2.08. The minimum Gasteiger partial charge on any atom is -0.457 e. The number of halogens is 1. The molecule has 0 spiro atoms. The van der Waals surface area contributed by atoms with Crippen LogP contribution in [0.4, 0.5) is 10.1 Å². The summed E-state index contributed by atoms with van der Waals surface area (Å²) in [6.07, 6.45) is 1.92. The van der Waals surface area contributed by atoms with Crippen molar-refractivity contribution in [3.63, 3.8) is 0 Å². The summed E-state index contributed by atoms with van der Waals surface area (Å²) >= 11 is 0. The van der Waals surface area contributed by atoms with Gasteiger partial charge in [-0.1, -0.05) is 0 Å². The van der Waals surface area contributed by atoms with Gasteiger partial charge in [0.15, 0.2) is 0 Å². The van der Waals surface area contributed by atoms with Gasteiger partial charge in [0.05, 0.1) is 11.2 Å². The van der Waals surface area contributed by atoms with E-state index in [0.717, 1.165) is 16.5 Å². The molecular formula is C15H14FN3O. The first-order valence-electron chi connectivity index (χ1n) is 6.20. The molecule has 0 radical (unpaired) electrons. The summed E-state index contributed by atoms with van der Waals surface area (Å²) in [4.78, 5) is 0. The van der Waals surface area contributed by atoms with Gasteiger partial charge in [0.25, 0.3) is 0 Å².